The van der Waals surface area contributed by atoms with Crippen molar-refractivity contribution < 1.29 is 14.6 Å². The van der Waals surface area contributed by atoms with Crippen LogP contribution in [0.2, 0.25) is 0 Å². The lowest BCUT2D eigenvalue weighted by molar-refractivity contribution is 0.0899. The number of hydrogen-bond acceptors (Lipinski definition) is 2. The van der Waals surface area contributed by atoms with Gasteiger partial charge in [0.2, 0.25) is 0 Å². The van der Waals surface area contributed by atoms with Crippen LogP contribution in [0.15, 0.2) is 12.7 Å². The van der Waals surface area contributed by atoms with Crippen molar-refractivity contribution in [2.75, 3.05) is 6.61 Å². The molecule has 3 heteroatoms. The number of ether oxygens (including phenoxy) is 1. The maximum atomic E-state index is 9.97. The van der Waals surface area contributed by atoms with Crippen LogP contribution >= 0.6 is 0 Å². The Morgan fingerprint density at radius 1 is 1.14 bits per heavy atom. The van der Waals surface area contributed by atoms with E-state index in [2.05, 4.69) is 11.3 Å². The van der Waals surface area contributed by atoms with Crippen molar-refractivity contribution in [3.63, 3.8) is 0 Å². The Morgan fingerprint density at radius 2 is 1.71 bits per heavy atom. The van der Waals surface area contributed by atoms with E-state index in [9.17, 15) is 4.79 Å². The molecule has 0 aromatic carbocycles. The lowest BCUT2D eigenvalue weighted by Crippen LogP contribution is -2.01. The molecule has 0 saturated carbocycles. The van der Waals surface area contributed by atoms with Gasteiger partial charge in [-0.2, -0.15) is 0 Å². The number of hydrogen-bond donors (Lipinski definition) is 1. The lowest BCUT2D eigenvalue weighted by atomic mass is 10.1. The first-order chi connectivity index (χ1) is 6.77. The molecule has 0 aliphatic heterocycles. The molecule has 0 atom stereocenters. The molecule has 0 fully saturated rings. The third-order valence-corrected chi connectivity index (χ3v) is 2.03. The van der Waals surface area contributed by atoms with Crippen LogP contribution in [0.4, 0.5) is 4.79 Å². The van der Waals surface area contributed by atoms with Gasteiger partial charge in [-0.3, -0.25) is 0 Å². The van der Waals surface area contributed by atoms with Crippen molar-refractivity contribution in [1.82, 2.24) is 0 Å². The Hall–Kier alpha value is -0.990. The van der Waals surface area contributed by atoms with Gasteiger partial charge in [0.05, 0.1) is 6.61 Å². The molecule has 0 heterocycles. The zero-order chi connectivity index (χ0) is 10.6. The summed E-state index contributed by atoms with van der Waals surface area (Å²) in [6, 6.07) is 0. The van der Waals surface area contributed by atoms with Crippen molar-refractivity contribution in [1.29, 1.82) is 0 Å². The monoisotopic (exact) mass is 200 g/mol. The summed E-state index contributed by atoms with van der Waals surface area (Å²) in [4.78, 5) is 9.97. The molecule has 0 radical (unpaired) electrons. The first-order valence-corrected chi connectivity index (χ1v) is 5.24. The highest BCUT2D eigenvalue weighted by molar-refractivity contribution is 5.56. The Bertz CT molecular complexity index is 155. The van der Waals surface area contributed by atoms with Crippen molar-refractivity contribution in [3.8, 4) is 0 Å². The molecule has 0 aliphatic rings. The minimum absolute atomic E-state index is 0.335. The highest BCUT2D eigenvalue weighted by Gasteiger charge is 1.95. The number of allylic oxidation sites excluding steroid dienone is 1. The van der Waals surface area contributed by atoms with E-state index in [1.807, 2.05) is 6.08 Å². The maximum absolute atomic E-state index is 9.97. The Balaban J connectivity index is 2.92. The minimum Gasteiger partial charge on any atom is -0.450 e. The molecule has 0 amide bonds. The normalized spacial score (nSPS) is 9.71. The molecule has 0 aliphatic carbocycles. The number of carbonyl (C=O) groups is 1. The predicted octanol–water partition coefficient (Wildman–Crippen LogP) is 3.60. The second-order valence-electron chi connectivity index (χ2n) is 3.31. The van der Waals surface area contributed by atoms with Crippen LogP contribution in [-0.4, -0.2) is 17.9 Å². The molecular formula is C11H20O3. The fraction of sp³-hybridized carbons (Fsp3) is 0.727. The van der Waals surface area contributed by atoms with Crippen LogP contribution in [-0.2, 0) is 4.74 Å². The summed E-state index contributed by atoms with van der Waals surface area (Å²) in [6.45, 7) is 4.00. The van der Waals surface area contributed by atoms with Crippen molar-refractivity contribution in [2.24, 2.45) is 0 Å². The Kier molecular flexibility index (Phi) is 9.38. The van der Waals surface area contributed by atoms with E-state index < -0.39 is 6.16 Å². The fourth-order valence-corrected chi connectivity index (χ4v) is 1.26. The van der Waals surface area contributed by atoms with Crippen LogP contribution in [0.5, 0.6) is 0 Å². The summed E-state index contributed by atoms with van der Waals surface area (Å²) in [6.07, 6.45) is 8.62. The van der Waals surface area contributed by atoms with Crippen molar-refractivity contribution in [2.45, 2.75) is 44.9 Å². The largest absolute Gasteiger partial charge is 0.505 e. The number of unbranched alkanes of at least 4 members (excludes halogenated alkanes) is 6. The third kappa shape index (κ3) is 11.0. The van der Waals surface area contributed by atoms with Gasteiger partial charge in [-0.15, -0.1) is 6.58 Å². The summed E-state index contributed by atoms with van der Waals surface area (Å²) in [7, 11) is 0. The third-order valence-electron chi connectivity index (χ3n) is 2.03. The van der Waals surface area contributed by atoms with Gasteiger partial charge in [-0.05, 0) is 19.3 Å². The summed E-state index contributed by atoms with van der Waals surface area (Å²) in [5.41, 5.74) is 0. The zero-order valence-electron chi connectivity index (χ0n) is 8.71. The molecule has 0 saturated heterocycles. The predicted molar refractivity (Wildman–Crippen MR) is 56.5 cm³/mol. The first-order valence-electron chi connectivity index (χ1n) is 5.24. The molecular weight excluding hydrogens is 180 g/mol. The average Bonchev–Trinajstić information content (AvgIpc) is 2.15. The van der Waals surface area contributed by atoms with E-state index in [0.29, 0.717) is 6.61 Å². The average molecular weight is 200 g/mol. The van der Waals surface area contributed by atoms with E-state index in [1.165, 1.54) is 25.7 Å². The topological polar surface area (TPSA) is 46.5 Å². The molecule has 0 bridgehead atoms. The Labute approximate surface area is 85.8 Å². The van der Waals surface area contributed by atoms with E-state index in [4.69, 9.17) is 5.11 Å². The van der Waals surface area contributed by atoms with Crippen LogP contribution < -0.4 is 0 Å². The number of rotatable bonds is 9. The molecule has 0 spiro atoms. The van der Waals surface area contributed by atoms with Gasteiger partial charge in [0.25, 0.3) is 0 Å². The molecule has 82 valence electrons. The second-order valence-corrected chi connectivity index (χ2v) is 3.31. The van der Waals surface area contributed by atoms with E-state index in [-0.39, 0.29) is 0 Å². The molecule has 0 aromatic heterocycles. The molecule has 0 aromatic rings. The van der Waals surface area contributed by atoms with Gasteiger partial charge in [-0.25, -0.2) is 4.79 Å². The van der Waals surface area contributed by atoms with Gasteiger partial charge in [0, 0.05) is 0 Å². The first kappa shape index (κ1) is 13.0. The zero-order valence-corrected chi connectivity index (χ0v) is 8.71. The molecule has 0 unspecified atom stereocenters. The van der Waals surface area contributed by atoms with Gasteiger partial charge < -0.3 is 9.84 Å². The second kappa shape index (κ2) is 10.1. The SMILES string of the molecule is C=CCCCCCCCCOC(=O)O. The molecule has 1 N–H and O–H groups in total. The van der Waals surface area contributed by atoms with Crippen LogP contribution in [0, 0.1) is 0 Å². The van der Waals surface area contributed by atoms with E-state index in [1.54, 1.807) is 0 Å². The molecule has 14 heavy (non-hydrogen) atoms. The van der Waals surface area contributed by atoms with Gasteiger partial charge in [0.15, 0.2) is 0 Å². The molecule has 3 nitrogen and oxygen atoms in total. The standard InChI is InChI=1S/C11H20O3/c1-2-3-4-5-6-7-8-9-10-14-11(12)13/h2H,1,3-10H2,(H,12,13). The summed E-state index contributed by atoms with van der Waals surface area (Å²) < 4.78 is 4.39. The van der Waals surface area contributed by atoms with Crippen LogP contribution in [0.1, 0.15) is 44.9 Å². The van der Waals surface area contributed by atoms with E-state index >= 15 is 0 Å². The molecule has 0 rings (SSSR count). The smallest absolute Gasteiger partial charge is 0.450 e. The van der Waals surface area contributed by atoms with Gasteiger partial charge in [0.1, 0.15) is 0 Å². The minimum atomic E-state index is -1.17. The quantitative estimate of drug-likeness (QED) is 0.351. The van der Waals surface area contributed by atoms with E-state index in [0.717, 1.165) is 19.3 Å². The lowest BCUT2D eigenvalue weighted by Gasteiger charge is -2.00. The summed E-state index contributed by atoms with van der Waals surface area (Å²) >= 11 is 0. The number of carboxylic acid groups (broad SMARTS) is 1. The summed E-state index contributed by atoms with van der Waals surface area (Å²) in [5.74, 6) is 0. The summed E-state index contributed by atoms with van der Waals surface area (Å²) in [5, 5.41) is 8.18. The fourth-order valence-electron chi connectivity index (χ4n) is 1.26. The van der Waals surface area contributed by atoms with Gasteiger partial charge in [-0.1, -0.05) is 31.8 Å². The van der Waals surface area contributed by atoms with Crippen molar-refractivity contribution >= 4 is 6.16 Å². The van der Waals surface area contributed by atoms with Crippen LogP contribution in [0.3, 0.4) is 0 Å². The van der Waals surface area contributed by atoms with Gasteiger partial charge >= 0.3 is 6.16 Å². The highest BCUT2D eigenvalue weighted by Crippen LogP contribution is 2.07. The maximum Gasteiger partial charge on any atom is 0.505 e. The highest BCUT2D eigenvalue weighted by atomic mass is 16.7. The van der Waals surface area contributed by atoms with Crippen molar-refractivity contribution in [3.05, 3.63) is 12.7 Å². The Morgan fingerprint density at radius 3 is 2.29 bits per heavy atom. The van der Waals surface area contributed by atoms with Crippen LogP contribution in [0.25, 0.3) is 0 Å².